The highest BCUT2D eigenvalue weighted by Gasteiger charge is 2.48. The normalized spacial score (nSPS) is 22.2. The molecule has 0 bridgehead atoms. The Morgan fingerprint density at radius 3 is 2.75 bits per heavy atom. The number of pyridine rings is 1. The number of carbonyl (C=O) groups excluding carboxylic acids is 1. The minimum Gasteiger partial charge on any atom is -0.353 e. The number of benzene rings is 1. The van der Waals surface area contributed by atoms with Crippen molar-refractivity contribution in [3.63, 3.8) is 0 Å². The summed E-state index contributed by atoms with van der Waals surface area (Å²) >= 11 is 0. The highest BCUT2D eigenvalue weighted by atomic mass is 19.1. The number of carbonyl (C=O) groups is 1. The molecule has 7 heteroatoms. The van der Waals surface area contributed by atoms with Crippen LogP contribution in [0.4, 0.5) is 15.9 Å². The Bertz CT molecular complexity index is 852. The van der Waals surface area contributed by atoms with Crippen LogP contribution >= 0.6 is 0 Å². The van der Waals surface area contributed by atoms with Gasteiger partial charge < -0.3 is 10.6 Å². The fraction of sp³-hybridized carbons (Fsp3) is 0.235. The summed E-state index contributed by atoms with van der Waals surface area (Å²) in [5.74, 6) is -0.0953. The van der Waals surface area contributed by atoms with E-state index in [-0.39, 0.29) is 11.7 Å². The van der Waals surface area contributed by atoms with Crippen molar-refractivity contribution in [3.05, 3.63) is 42.3 Å². The second-order valence-electron chi connectivity index (χ2n) is 5.97. The minimum atomic E-state index is -0.812. The molecule has 2 N–H and O–H groups in total. The molecular formula is C17H14FN5O. The number of hydrogen-bond donors (Lipinski definition) is 2. The first-order chi connectivity index (χ1) is 11.6. The van der Waals surface area contributed by atoms with Crippen molar-refractivity contribution < 1.29 is 9.18 Å². The van der Waals surface area contributed by atoms with Gasteiger partial charge in [-0.3, -0.25) is 4.79 Å². The van der Waals surface area contributed by atoms with E-state index in [4.69, 9.17) is 0 Å². The van der Waals surface area contributed by atoms with Gasteiger partial charge >= 0.3 is 0 Å². The highest BCUT2D eigenvalue weighted by molar-refractivity contribution is 6.10. The third-order valence-corrected chi connectivity index (χ3v) is 4.51. The monoisotopic (exact) mass is 323 g/mol. The van der Waals surface area contributed by atoms with Crippen molar-refractivity contribution >= 4 is 17.4 Å². The molecule has 1 aromatic heterocycles. The average molecular weight is 323 g/mol. The molecule has 0 saturated carbocycles. The number of nitrogens with zero attached hydrogens (tertiary/aromatic N) is 3. The first-order valence-electron chi connectivity index (χ1n) is 7.62. The largest absolute Gasteiger partial charge is 0.353 e. The predicted molar refractivity (Wildman–Crippen MR) is 86.6 cm³/mol. The van der Waals surface area contributed by atoms with Gasteiger partial charge in [-0.25, -0.2) is 14.3 Å². The van der Waals surface area contributed by atoms with Crippen LogP contribution in [-0.2, 0) is 4.79 Å². The van der Waals surface area contributed by atoms with E-state index >= 15 is 0 Å². The van der Waals surface area contributed by atoms with Gasteiger partial charge in [0.2, 0.25) is 0 Å². The molecule has 1 unspecified atom stereocenters. The van der Waals surface area contributed by atoms with Crippen molar-refractivity contribution in [3.8, 4) is 17.3 Å². The summed E-state index contributed by atoms with van der Waals surface area (Å²) in [6, 6.07) is 7.71. The Morgan fingerprint density at radius 1 is 1.29 bits per heavy atom. The SMILES string of the molecule is N#CN1C(=O)C2(CCNC2)Nc2ncc(-c3ccc(F)cc3)cc21. The van der Waals surface area contributed by atoms with E-state index in [9.17, 15) is 14.4 Å². The first kappa shape index (κ1) is 14.6. The minimum absolute atomic E-state index is 0.277. The molecule has 2 aromatic rings. The zero-order chi connectivity index (χ0) is 16.7. The third-order valence-electron chi connectivity index (χ3n) is 4.51. The molecule has 1 atom stereocenters. The molecule has 0 radical (unpaired) electrons. The first-order valence-corrected chi connectivity index (χ1v) is 7.62. The van der Waals surface area contributed by atoms with Crippen LogP contribution in [0, 0.1) is 17.3 Å². The van der Waals surface area contributed by atoms with Gasteiger partial charge in [0, 0.05) is 18.3 Å². The third kappa shape index (κ3) is 2.12. The molecule has 4 rings (SSSR count). The summed E-state index contributed by atoms with van der Waals surface area (Å²) in [6.07, 6.45) is 4.22. The van der Waals surface area contributed by atoms with Gasteiger partial charge in [0.05, 0.1) is 0 Å². The lowest BCUT2D eigenvalue weighted by atomic mass is 9.93. The summed E-state index contributed by atoms with van der Waals surface area (Å²) in [4.78, 5) is 18.2. The van der Waals surface area contributed by atoms with Gasteiger partial charge in [-0.1, -0.05) is 12.1 Å². The predicted octanol–water partition coefficient (Wildman–Crippen LogP) is 1.86. The Kier molecular flexibility index (Phi) is 3.22. The van der Waals surface area contributed by atoms with E-state index in [1.807, 2.05) is 6.19 Å². The molecule has 2 aliphatic rings. The smallest absolute Gasteiger partial charge is 0.267 e. The van der Waals surface area contributed by atoms with Crippen molar-refractivity contribution in [2.75, 3.05) is 23.3 Å². The Labute approximate surface area is 137 Å². The Balaban J connectivity index is 1.79. The summed E-state index contributed by atoms with van der Waals surface area (Å²) < 4.78 is 13.1. The molecule has 1 spiro atoms. The van der Waals surface area contributed by atoms with Gasteiger partial charge in [-0.15, -0.1) is 0 Å². The van der Waals surface area contributed by atoms with Crippen LogP contribution in [0.2, 0.25) is 0 Å². The quantitative estimate of drug-likeness (QED) is 0.783. The number of rotatable bonds is 1. The Hall–Kier alpha value is -2.98. The average Bonchev–Trinajstić information content (AvgIpc) is 3.06. The van der Waals surface area contributed by atoms with Gasteiger partial charge in [0.1, 0.15) is 17.0 Å². The number of fused-ring (bicyclic) bond motifs is 1. The maximum absolute atomic E-state index is 13.1. The molecule has 24 heavy (non-hydrogen) atoms. The van der Waals surface area contributed by atoms with Gasteiger partial charge in [-0.2, -0.15) is 5.26 Å². The van der Waals surface area contributed by atoms with Crippen LogP contribution in [-0.4, -0.2) is 29.5 Å². The van der Waals surface area contributed by atoms with Crippen molar-refractivity contribution in [1.82, 2.24) is 10.3 Å². The van der Waals surface area contributed by atoms with Crippen molar-refractivity contribution in [1.29, 1.82) is 5.26 Å². The van der Waals surface area contributed by atoms with Crippen LogP contribution in [0.15, 0.2) is 36.5 Å². The maximum atomic E-state index is 13.1. The van der Waals surface area contributed by atoms with Crippen LogP contribution in [0.25, 0.3) is 11.1 Å². The van der Waals surface area contributed by atoms with Gasteiger partial charge in [0.25, 0.3) is 5.91 Å². The molecular weight excluding hydrogens is 309 g/mol. The van der Waals surface area contributed by atoms with Crippen molar-refractivity contribution in [2.24, 2.45) is 0 Å². The molecule has 3 heterocycles. The van der Waals surface area contributed by atoms with Crippen LogP contribution < -0.4 is 15.5 Å². The van der Waals surface area contributed by atoms with E-state index in [1.54, 1.807) is 24.4 Å². The van der Waals surface area contributed by atoms with E-state index in [0.717, 1.165) is 10.5 Å². The van der Waals surface area contributed by atoms with Crippen molar-refractivity contribution in [2.45, 2.75) is 12.0 Å². The fourth-order valence-electron chi connectivity index (χ4n) is 3.20. The summed E-state index contributed by atoms with van der Waals surface area (Å²) in [7, 11) is 0. The van der Waals surface area contributed by atoms with Crippen LogP contribution in [0.3, 0.4) is 0 Å². The number of nitriles is 1. The van der Waals surface area contributed by atoms with E-state index < -0.39 is 5.54 Å². The lowest BCUT2D eigenvalue weighted by Gasteiger charge is -2.37. The van der Waals surface area contributed by atoms with Gasteiger partial charge in [-0.05, 0) is 36.7 Å². The number of aromatic nitrogens is 1. The molecule has 1 fully saturated rings. The summed E-state index contributed by atoms with van der Waals surface area (Å²) in [5, 5.41) is 15.8. The van der Waals surface area contributed by atoms with E-state index in [0.29, 0.717) is 36.6 Å². The molecule has 1 saturated heterocycles. The second kappa shape index (κ2) is 5.28. The molecule has 120 valence electrons. The molecule has 2 aliphatic heterocycles. The zero-order valence-electron chi connectivity index (χ0n) is 12.7. The lowest BCUT2D eigenvalue weighted by Crippen LogP contribution is -2.57. The van der Waals surface area contributed by atoms with Crippen LogP contribution in [0.5, 0.6) is 0 Å². The molecule has 0 aliphatic carbocycles. The number of nitrogens with one attached hydrogen (secondary N) is 2. The lowest BCUT2D eigenvalue weighted by molar-refractivity contribution is -0.121. The highest BCUT2D eigenvalue weighted by Crippen LogP contribution is 2.38. The number of anilines is 2. The van der Waals surface area contributed by atoms with Crippen LogP contribution in [0.1, 0.15) is 6.42 Å². The zero-order valence-corrected chi connectivity index (χ0v) is 12.7. The Morgan fingerprint density at radius 2 is 2.08 bits per heavy atom. The maximum Gasteiger partial charge on any atom is 0.267 e. The van der Waals surface area contributed by atoms with Gasteiger partial charge in [0.15, 0.2) is 12.0 Å². The number of hydrogen-bond acceptors (Lipinski definition) is 5. The number of amides is 1. The summed E-state index contributed by atoms with van der Waals surface area (Å²) in [5.41, 5.74) is 1.08. The van der Waals surface area contributed by atoms with E-state index in [2.05, 4.69) is 15.6 Å². The number of halogens is 1. The standard InChI is InChI=1S/C17H14FN5O/c18-13-3-1-11(2-4-13)12-7-14-15(21-8-12)22-17(5-6-20-9-17)16(24)23(14)10-19/h1-4,7-8,20H,5-6,9H2,(H,21,22). The molecule has 6 nitrogen and oxygen atoms in total. The van der Waals surface area contributed by atoms with E-state index in [1.165, 1.54) is 12.1 Å². The topological polar surface area (TPSA) is 81.0 Å². The fourth-order valence-corrected chi connectivity index (χ4v) is 3.20. The second-order valence-corrected chi connectivity index (χ2v) is 5.97. The molecule has 1 aromatic carbocycles. The molecule has 1 amide bonds. The summed E-state index contributed by atoms with van der Waals surface area (Å²) in [6.45, 7) is 1.17.